The fraction of sp³-hybridized carbons (Fsp3) is 0.600. The summed E-state index contributed by atoms with van der Waals surface area (Å²) >= 11 is 0. The molecule has 0 bridgehead atoms. The van der Waals surface area contributed by atoms with Crippen LogP contribution in [0.2, 0.25) is 16.6 Å². The number of fused-ring (bicyclic) bond motifs is 3. The lowest BCUT2D eigenvalue weighted by Crippen LogP contribution is -2.54. The summed E-state index contributed by atoms with van der Waals surface area (Å²) in [4.78, 5) is 2.74. The van der Waals surface area contributed by atoms with Crippen LogP contribution in [0.3, 0.4) is 0 Å². The minimum absolute atomic E-state index is 0.356. The van der Waals surface area contributed by atoms with Gasteiger partial charge in [0, 0.05) is 28.9 Å². The van der Waals surface area contributed by atoms with Gasteiger partial charge in [-0.3, -0.25) is 0 Å². The second-order valence-corrected chi connectivity index (χ2v) is 25.1. The molecule has 3 heteroatoms. The van der Waals surface area contributed by atoms with E-state index in [1.54, 1.807) is 5.57 Å². The molecule has 9 unspecified atom stereocenters. The van der Waals surface area contributed by atoms with E-state index in [9.17, 15) is 0 Å². The first-order valence-electron chi connectivity index (χ1n) is 24.7. The van der Waals surface area contributed by atoms with Gasteiger partial charge in [-0.15, -0.1) is 0 Å². The molecule has 308 valence electrons. The first kappa shape index (κ1) is 39.1. The van der Waals surface area contributed by atoms with Crippen LogP contribution in [-0.4, -0.2) is 25.1 Å². The van der Waals surface area contributed by atoms with Gasteiger partial charge >= 0.3 is 0 Å². The number of rotatable bonds is 9. The summed E-state index contributed by atoms with van der Waals surface area (Å²) in [5.74, 6) is 3.86. The van der Waals surface area contributed by atoms with Gasteiger partial charge < -0.3 is 9.64 Å². The highest BCUT2D eigenvalue weighted by Gasteiger charge is 2.56. The molecule has 1 heterocycles. The zero-order chi connectivity index (χ0) is 38.9. The quantitative estimate of drug-likeness (QED) is 0.170. The lowest BCUT2D eigenvalue weighted by Gasteiger charge is -2.56. The largest absolute Gasteiger partial charge is 0.489 e. The van der Waals surface area contributed by atoms with Gasteiger partial charge in [-0.05, 0) is 148 Å². The van der Waals surface area contributed by atoms with Crippen LogP contribution in [0.1, 0.15) is 155 Å². The molecule has 0 radical (unpaired) electrons. The van der Waals surface area contributed by atoms with E-state index in [2.05, 4.69) is 103 Å². The lowest BCUT2D eigenvalue weighted by molar-refractivity contribution is 0.129. The Hall–Kier alpha value is -3.04. The predicted molar refractivity (Wildman–Crippen MR) is 246 cm³/mol. The standard InChI is InChI=1S/C55H73NOSi/c1-40-16-11-14-27-54(40)58(47-19-7-3-8-20-47,48-21-9-4-10-22-48)49-38-32-42(33-39-49)41-28-34-45(35-29-41)56(44-17-5-2-6-18-44)46-36-30-43(31-37-46)50-24-15-25-52-51-23-12-13-26-53(51)57-55(50)52/h3,5,7,12,17-18,23,25,28,30,32,34-35,38-42,46-48,51,53-54H,2,4,6,8-11,13-16,19-22,24,26-27,29,31,33,36-37H2,1H3. The minimum Gasteiger partial charge on any atom is -0.489 e. The third kappa shape index (κ3) is 7.40. The molecule has 0 amide bonds. The van der Waals surface area contributed by atoms with Gasteiger partial charge in [0.05, 0.1) is 8.07 Å². The van der Waals surface area contributed by atoms with Gasteiger partial charge in [-0.25, -0.2) is 0 Å². The van der Waals surface area contributed by atoms with Crippen LogP contribution in [0.15, 0.2) is 130 Å². The van der Waals surface area contributed by atoms with Crippen molar-refractivity contribution in [1.29, 1.82) is 0 Å². The molecule has 10 rings (SSSR count). The zero-order valence-electron chi connectivity index (χ0n) is 36.0. The number of allylic oxidation sites excluding steroid dienone is 17. The van der Waals surface area contributed by atoms with Crippen molar-refractivity contribution < 1.29 is 4.74 Å². The number of hydrogen-bond acceptors (Lipinski definition) is 2. The van der Waals surface area contributed by atoms with Crippen LogP contribution in [0.5, 0.6) is 0 Å². The van der Waals surface area contributed by atoms with Gasteiger partial charge in [-0.2, -0.15) is 0 Å². The van der Waals surface area contributed by atoms with Crippen molar-refractivity contribution in [2.24, 2.45) is 23.7 Å². The summed E-state index contributed by atoms with van der Waals surface area (Å²) in [7, 11) is -1.78. The van der Waals surface area contributed by atoms with Crippen LogP contribution in [0, 0.1) is 23.7 Å². The van der Waals surface area contributed by atoms with Crippen LogP contribution >= 0.6 is 0 Å². The molecule has 1 aliphatic heterocycles. The molecular formula is C55H73NOSi. The third-order valence-corrected chi connectivity index (χ3v) is 24.5. The van der Waals surface area contributed by atoms with E-state index in [1.165, 1.54) is 125 Å². The summed E-state index contributed by atoms with van der Waals surface area (Å²) in [5, 5.41) is 1.92. The van der Waals surface area contributed by atoms with Crippen molar-refractivity contribution in [2.75, 3.05) is 0 Å². The van der Waals surface area contributed by atoms with Crippen molar-refractivity contribution in [3.8, 4) is 0 Å². The Kier molecular flexibility index (Phi) is 11.8. The van der Waals surface area contributed by atoms with Gasteiger partial charge in [0.1, 0.15) is 11.9 Å². The summed E-state index contributed by atoms with van der Waals surface area (Å²) < 4.78 is 6.73. The van der Waals surface area contributed by atoms with Crippen molar-refractivity contribution in [3.63, 3.8) is 0 Å². The molecular weight excluding hydrogens is 719 g/mol. The highest BCUT2D eigenvalue weighted by molar-refractivity contribution is 6.91. The summed E-state index contributed by atoms with van der Waals surface area (Å²) in [6.45, 7) is 2.68. The van der Waals surface area contributed by atoms with E-state index in [0.717, 1.165) is 73.9 Å². The Morgan fingerprint density at radius 3 is 2.16 bits per heavy atom. The van der Waals surface area contributed by atoms with E-state index in [4.69, 9.17) is 4.74 Å². The van der Waals surface area contributed by atoms with Crippen molar-refractivity contribution in [3.05, 3.63) is 130 Å². The highest BCUT2D eigenvalue weighted by Crippen LogP contribution is 2.61. The van der Waals surface area contributed by atoms with Gasteiger partial charge in [-0.1, -0.05) is 149 Å². The van der Waals surface area contributed by atoms with Crippen molar-refractivity contribution in [1.82, 2.24) is 4.90 Å². The van der Waals surface area contributed by atoms with Crippen LogP contribution in [-0.2, 0) is 4.74 Å². The first-order chi connectivity index (χ1) is 28.7. The average Bonchev–Trinajstić information content (AvgIpc) is 3.68. The molecule has 2 saturated carbocycles. The molecule has 9 atom stereocenters. The average molecular weight is 792 g/mol. The van der Waals surface area contributed by atoms with Crippen molar-refractivity contribution >= 4 is 8.07 Å². The molecule has 0 aromatic rings. The molecule has 58 heavy (non-hydrogen) atoms. The predicted octanol–water partition coefficient (Wildman–Crippen LogP) is 15.3. The normalized spacial score (nSPS) is 36.1. The molecule has 9 aliphatic carbocycles. The Morgan fingerprint density at radius 2 is 1.41 bits per heavy atom. The topological polar surface area (TPSA) is 12.5 Å². The smallest absolute Gasteiger partial charge is 0.126 e. The minimum atomic E-state index is -1.78. The second kappa shape index (κ2) is 17.5. The maximum Gasteiger partial charge on any atom is 0.126 e. The maximum atomic E-state index is 6.73. The van der Waals surface area contributed by atoms with E-state index in [-0.39, 0.29) is 0 Å². The Balaban J connectivity index is 0.865. The summed E-state index contributed by atoms with van der Waals surface area (Å²) in [5.41, 5.74) is 10.4. The van der Waals surface area contributed by atoms with Gasteiger partial charge in [0.2, 0.25) is 0 Å². The Morgan fingerprint density at radius 1 is 0.586 bits per heavy atom. The molecule has 1 saturated heterocycles. The molecule has 0 spiro atoms. The maximum absolute atomic E-state index is 6.73. The van der Waals surface area contributed by atoms with E-state index in [1.807, 2.05) is 5.20 Å². The number of hydrogen-bond donors (Lipinski definition) is 0. The Bertz CT molecular complexity index is 1890. The van der Waals surface area contributed by atoms with Crippen molar-refractivity contribution in [2.45, 2.75) is 183 Å². The second-order valence-electron chi connectivity index (χ2n) is 20.3. The zero-order valence-corrected chi connectivity index (χ0v) is 37.0. The van der Waals surface area contributed by atoms with Gasteiger partial charge in [0.25, 0.3) is 0 Å². The molecule has 0 N–H and O–H groups in total. The van der Waals surface area contributed by atoms with E-state index < -0.39 is 8.07 Å². The first-order valence-corrected chi connectivity index (χ1v) is 27.0. The number of ether oxygens (including phenoxy) is 1. The molecule has 0 aromatic carbocycles. The van der Waals surface area contributed by atoms with Gasteiger partial charge in [0.15, 0.2) is 0 Å². The molecule has 0 aromatic heterocycles. The fourth-order valence-corrected chi connectivity index (χ4v) is 22.8. The van der Waals surface area contributed by atoms with Crippen LogP contribution in [0.4, 0.5) is 0 Å². The summed E-state index contributed by atoms with van der Waals surface area (Å²) in [6.07, 6.45) is 69.3. The Labute approximate surface area is 353 Å². The van der Waals surface area contributed by atoms with Crippen LogP contribution < -0.4 is 0 Å². The molecule has 10 aliphatic rings. The fourth-order valence-electron chi connectivity index (χ4n) is 14.4. The van der Waals surface area contributed by atoms with E-state index in [0.29, 0.717) is 29.9 Å². The molecule has 2 nitrogen and oxygen atoms in total. The summed E-state index contributed by atoms with van der Waals surface area (Å²) in [6, 6.07) is 0.499. The van der Waals surface area contributed by atoms with E-state index >= 15 is 0 Å². The van der Waals surface area contributed by atoms with Crippen LogP contribution in [0.25, 0.3) is 0 Å². The highest BCUT2D eigenvalue weighted by atomic mass is 28.3. The third-order valence-electron chi connectivity index (χ3n) is 17.2. The SMILES string of the molecule is CC1CCCCC1[Si](C1=CCC(C2C=CC(N(C3=CCCC=C3)C3CC=C(C4=C5OC6CCC=CC6C5=CCC4)CC3)=CC2)C=C1)(C1CC=CCC1)C1CCCCC1. The monoisotopic (exact) mass is 792 g/mol. The molecule has 3 fully saturated rings. The lowest BCUT2D eigenvalue weighted by atomic mass is 9.80. The number of nitrogens with zero attached hydrogens (tertiary/aromatic N) is 1.